The maximum atomic E-state index is 11.9. The number of nitro groups is 1. The highest BCUT2D eigenvalue weighted by molar-refractivity contribution is 5.92. The molecule has 0 heterocycles. The minimum absolute atomic E-state index is 0.0871. The zero-order valence-corrected chi connectivity index (χ0v) is 13.2. The molecule has 0 saturated heterocycles. The van der Waals surface area contributed by atoms with E-state index in [1.54, 1.807) is 30.3 Å². The number of para-hydroxylation sites is 4. The van der Waals surface area contributed by atoms with Gasteiger partial charge >= 0.3 is 5.69 Å². The van der Waals surface area contributed by atoms with Crippen LogP contribution in [-0.4, -0.2) is 24.5 Å². The average molecular weight is 330 g/mol. The molecule has 2 rings (SSSR count). The van der Waals surface area contributed by atoms with Crippen molar-refractivity contribution in [3.8, 4) is 11.5 Å². The van der Waals surface area contributed by atoms with Gasteiger partial charge in [0.2, 0.25) is 5.91 Å². The number of nitro benzene ring substituents is 1. The summed E-state index contributed by atoms with van der Waals surface area (Å²) in [5.41, 5.74) is 0.514. The summed E-state index contributed by atoms with van der Waals surface area (Å²) in [5, 5.41) is 13.6. The van der Waals surface area contributed by atoms with Gasteiger partial charge in [0.15, 0.2) is 5.75 Å². The van der Waals surface area contributed by atoms with E-state index >= 15 is 0 Å². The van der Waals surface area contributed by atoms with E-state index in [1.165, 1.54) is 19.2 Å². The summed E-state index contributed by atoms with van der Waals surface area (Å²) in [6.07, 6.45) is 0.672. The van der Waals surface area contributed by atoms with Crippen molar-refractivity contribution in [3.05, 3.63) is 58.6 Å². The van der Waals surface area contributed by atoms with Crippen LogP contribution >= 0.6 is 0 Å². The standard InChI is InChI=1S/C17H18N2O5/c1-23-15-9-4-2-7-13(15)18-17(20)11-6-12-24-16-10-5-3-8-14(16)19(21)22/h2-5,7-10H,6,11-12H2,1H3,(H,18,20). The van der Waals surface area contributed by atoms with Gasteiger partial charge in [-0.05, 0) is 24.6 Å². The SMILES string of the molecule is COc1ccccc1NC(=O)CCCOc1ccccc1[N+](=O)[O-]. The predicted octanol–water partition coefficient (Wildman–Crippen LogP) is 3.40. The summed E-state index contributed by atoms with van der Waals surface area (Å²) in [7, 11) is 1.53. The van der Waals surface area contributed by atoms with E-state index < -0.39 is 4.92 Å². The molecule has 7 heteroatoms. The molecule has 0 unspecified atom stereocenters. The number of methoxy groups -OCH3 is 1. The predicted molar refractivity (Wildman–Crippen MR) is 89.4 cm³/mol. The molecule has 0 bridgehead atoms. The Morgan fingerprint density at radius 2 is 1.79 bits per heavy atom. The Kier molecular flexibility index (Phi) is 6.13. The molecule has 24 heavy (non-hydrogen) atoms. The maximum Gasteiger partial charge on any atom is 0.310 e. The number of hydrogen-bond acceptors (Lipinski definition) is 5. The zero-order chi connectivity index (χ0) is 17.4. The summed E-state index contributed by atoms with van der Waals surface area (Å²) < 4.78 is 10.6. The highest BCUT2D eigenvalue weighted by atomic mass is 16.6. The zero-order valence-electron chi connectivity index (χ0n) is 13.2. The number of carbonyl (C=O) groups is 1. The van der Waals surface area contributed by atoms with Crippen LogP contribution in [0.15, 0.2) is 48.5 Å². The molecule has 0 aromatic heterocycles. The molecule has 1 N–H and O–H groups in total. The fourth-order valence-corrected chi connectivity index (χ4v) is 2.11. The summed E-state index contributed by atoms with van der Waals surface area (Å²) in [6.45, 7) is 0.212. The normalized spacial score (nSPS) is 10.0. The van der Waals surface area contributed by atoms with Crippen LogP contribution in [0, 0.1) is 10.1 Å². The Hall–Kier alpha value is -3.09. The number of anilines is 1. The van der Waals surface area contributed by atoms with Crippen LogP contribution in [0.25, 0.3) is 0 Å². The molecule has 0 spiro atoms. The van der Waals surface area contributed by atoms with Crippen LogP contribution in [-0.2, 0) is 4.79 Å². The van der Waals surface area contributed by atoms with Gasteiger partial charge in [-0.1, -0.05) is 24.3 Å². The van der Waals surface area contributed by atoms with Crippen molar-refractivity contribution in [2.45, 2.75) is 12.8 Å². The molecule has 0 fully saturated rings. The second-order valence-electron chi connectivity index (χ2n) is 4.93. The number of rotatable bonds is 8. The summed E-state index contributed by atoms with van der Waals surface area (Å²) in [5.74, 6) is 0.611. The van der Waals surface area contributed by atoms with E-state index in [9.17, 15) is 14.9 Å². The van der Waals surface area contributed by atoms with Crippen molar-refractivity contribution >= 4 is 17.3 Å². The topological polar surface area (TPSA) is 90.7 Å². The number of nitrogens with one attached hydrogen (secondary N) is 1. The lowest BCUT2D eigenvalue weighted by atomic mass is 10.2. The average Bonchev–Trinajstić information content (AvgIpc) is 2.59. The van der Waals surface area contributed by atoms with Crippen LogP contribution in [0.1, 0.15) is 12.8 Å². The molecule has 0 aliphatic rings. The monoisotopic (exact) mass is 330 g/mol. The third-order valence-electron chi connectivity index (χ3n) is 3.25. The molecular weight excluding hydrogens is 312 g/mol. The Morgan fingerprint density at radius 3 is 2.50 bits per heavy atom. The second-order valence-corrected chi connectivity index (χ2v) is 4.93. The Labute approximate surface area is 139 Å². The van der Waals surface area contributed by atoms with E-state index in [4.69, 9.17) is 9.47 Å². The molecule has 0 atom stereocenters. The number of amides is 1. The van der Waals surface area contributed by atoms with Crippen LogP contribution in [0.5, 0.6) is 11.5 Å². The number of ether oxygens (including phenoxy) is 2. The molecule has 1 amide bonds. The minimum Gasteiger partial charge on any atom is -0.495 e. The summed E-state index contributed by atoms with van der Waals surface area (Å²) in [6, 6.07) is 13.3. The van der Waals surface area contributed by atoms with Gasteiger partial charge in [0.05, 0.1) is 24.3 Å². The van der Waals surface area contributed by atoms with E-state index in [0.29, 0.717) is 17.9 Å². The second kappa shape index (κ2) is 8.52. The fraction of sp³-hybridized carbons (Fsp3) is 0.235. The van der Waals surface area contributed by atoms with Gasteiger partial charge in [-0.15, -0.1) is 0 Å². The van der Waals surface area contributed by atoms with Gasteiger partial charge in [-0.25, -0.2) is 0 Å². The molecular formula is C17H18N2O5. The first kappa shape index (κ1) is 17.3. The number of nitrogens with zero attached hydrogens (tertiary/aromatic N) is 1. The minimum atomic E-state index is -0.496. The number of benzene rings is 2. The van der Waals surface area contributed by atoms with E-state index in [2.05, 4.69) is 5.32 Å². The molecule has 0 radical (unpaired) electrons. The first-order valence-corrected chi connectivity index (χ1v) is 7.41. The van der Waals surface area contributed by atoms with Crippen LogP contribution < -0.4 is 14.8 Å². The van der Waals surface area contributed by atoms with Crippen LogP contribution in [0.2, 0.25) is 0 Å². The summed E-state index contributed by atoms with van der Waals surface area (Å²) in [4.78, 5) is 22.3. The first-order valence-electron chi connectivity index (χ1n) is 7.41. The summed E-state index contributed by atoms with van der Waals surface area (Å²) >= 11 is 0. The lowest BCUT2D eigenvalue weighted by Gasteiger charge is -2.10. The van der Waals surface area contributed by atoms with Gasteiger partial charge in [-0.2, -0.15) is 0 Å². The number of hydrogen-bond donors (Lipinski definition) is 1. The van der Waals surface area contributed by atoms with Gasteiger partial charge in [0.1, 0.15) is 5.75 Å². The van der Waals surface area contributed by atoms with Crippen LogP contribution in [0.3, 0.4) is 0 Å². The van der Waals surface area contributed by atoms with Crippen LogP contribution in [0.4, 0.5) is 11.4 Å². The molecule has 126 valence electrons. The van der Waals surface area contributed by atoms with E-state index in [-0.39, 0.29) is 30.4 Å². The lowest BCUT2D eigenvalue weighted by molar-refractivity contribution is -0.385. The largest absolute Gasteiger partial charge is 0.495 e. The molecule has 0 aliphatic heterocycles. The van der Waals surface area contributed by atoms with Gasteiger partial charge in [0.25, 0.3) is 0 Å². The first-order chi connectivity index (χ1) is 11.6. The highest BCUT2D eigenvalue weighted by Gasteiger charge is 2.13. The van der Waals surface area contributed by atoms with Crippen molar-refractivity contribution in [2.24, 2.45) is 0 Å². The van der Waals surface area contributed by atoms with Crippen molar-refractivity contribution in [2.75, 3.05) is 19.0 Å². The molecule has 7 nitrogen and oxygen atoms in total. The Morgan fingerprint density at radius 1 is 1.12 bits per heavy atom. The number of carbonyl (C=O) groups excluding carboxylic acids is 1. The van der Waals surface area contributed by atoms with Crippen molar-refractivity contribution in [1.29, 1.82) is 0 Å². The van der Waals surface area contributed by atoms with E-state index in [0.717, 1.165) is 0 Å². The lowest BCUT2D eigenvalue weighted by Crippen LogP contribution is -2.13. The van der Waals surface area contributed by atoms with Crippen molar-refractivity contribution in [1.82, 2.24) is 0 Å². The van der Waals surface area contributed by atoms with E-state index in [1.807, 2.05) is 6.07 Å². The van der Waals surface area contributed by atoms with Crippen molar-refractivity contribution in [3.63, 3.8) is 0 Å². The van der Waals surface area contributed by atoms with Gasteiger partial charge in [-0.3, -0.25) is 14.9 Å². The van der Waals surface area contributed by atoms with Crippen molar-refractivity contribution < 1.29 is 19.2 Å². The third kappa shape index (κ3) is 4.70. The fourth-order valence-electron chi connectivity index (χ4n) is 2.11. The smallest absolute Gasteiger partial charge is 0.310 e. The molecule has 0 saturated carbocycles. The highest BCUT2D eigenvalue weighted by Crippen LogP contribution is 2.26. The van der Waals surface area contributed by atoms with Gasteiger partial charge < -0.3 is 14.8 Å². The third-order valence-corrected chi connectivity index (χ3v) is 3.25. The maximum absolute atomic E-state index is 11.9. The molecule has 0 aliphatic carbocycles. The van der Waals surface area contributed by atoms with Gasteiger partial charge in [0, 0.05) is 12.5 Å². The molecule has 2 aromatic rings. The quantitative estimate of drug-likeness (QED) is 0.455. The Balaban J connectivity index is 1.80. The molecule has 2 aromatic carbocycles. The Bertz CT molecular complexity index is 718.